The Morgan fingerprint density at radius 3 is 1.74 bits per heavy atom. The third-order valence-corrected chi connectivity index (χ3v) is 5.33. The molecule has 0 radical (unpaired) electrons. The van der Waals surface area contributed by atoms with Crippen LogP contribution in [-0.2, 0) is 10.0 Å². The highest BCUT2D eigenvalue weighted by molar-refractivity contribution is 7.92. The van der Waals surface area contributed by atoms with Crippen LogP contribution in [0.2, 0.25) is 0 Å². The van der Waals surface area contributed by atoms with E-state index in [4.69, 9.17) is 0 Å². The topological polar surface area (TPSA) is 61.4 Å². The quantitative estimate of drug-likeness (QED) is 0.659. The number of halogens is 1. The zero-order valence-electron chi connectivity index (χ0n) is 15.0. The maximum Gasteiger partial charge on any atom is 0.261 e. The first-order valence-corrected chi connectivity index (χ1v) is 9.75. The molecule has 0 fully saturated rings. The Hall–Kier alpha value is -3.06. The Balaban J connectivity index is 1.68. The molecule has 0 bridgehead atoms. The number of nitrogens with one attached hydrogen (secondary N) is 2. The van der Waals surface area contributed by atoms with Gasteiger partial charge in [-0.05, 0) is 72.8 Å². The summed E-state index contributed by atoms with van der Waals surface area (Å²) in [6.07, 6.45) is 0. The fraction of sp³-hybridized carbons (Fsp3) is 0.100. The van der Waals surface area contributed by atoms with Crippen molar-refractivity contribution in [3.8, 4) is 0 Å². The number of sulfonamides is 1. The second-order valence-electron chi connectivity index (χ2n) is 6.20. The zero-order valence-corrected chi connectivity index (χ0v) is 15.8. The minimum absolute atomic E-state index is 0.00656. The van der Waals surface area contributed by atoms with Crippen molar-refractivity contribution >= 4 is 32.8 Å². The van der Waals surface area contributed by atoms with Gasteiger partial charge in [-0.25, -0.2) is 12.8 Å². The predicted molar refractivity (Wildman–Crippen MR) is 108 cm³/mol. The number of hydrogen-bond acceptors (Lipinski definition) is 4. The zero-order chi connectivity index (χ0) is 19.4. The van der Waals surface area contributed by atoms with Crippen LogP contribution in [0.3, 0.4) is 0 Å². The van der Waals surface area contributed by atoms with Crippen LogP contribution in [-0.4, -0.2) is 22.5 Å². The number of anilines is 4. The highest BCUT2D eigenvalue weighted by Crippen LogP contribution is 2.23. The van der Waals surface area contributed by atoms with Crippen LogP contribution in [0.15, 0.2) is 77.7 Å². The molecule has 3 aromatic rings. The number of hydrogen-bond donors (Lipinski definition) is 2. The van der Waals surface area contributed by atoms with Gasteiger partial charge in [0.15, 0.2) is 0 Å². The number of rotatable bonds is 6. The summed E-state index contributed by atoms with van der Waals surface area (Å²) in [6.45, 7) is 0. The van der Waals surface area contributed by atoms with E-state index in [0.717, 1.165) is 29.2 Å². The Kier molecular flexibility index (Phi) is 5.32. The van der Waals surface area contributed by atoms with Crippen molar-refractivity contribution in [1.29, 1.82) is 0 Å². The van der Waals surface area contributed by atoms with Crippen molar-refractivity contribution in [3.63, 3.8) is 0 Å². The minimum atomic E-state index is -3.76. The van der Waals surface area contributed by atoms with Crippen molar-refractivity contribution in [1.82, 2.24) is 0 Å². The molecule has 0 saturated heterocycles. The molecule has 2 N–H and O–H groups in total. The Labute approximate surface area is 158 Å². The van der Waals surface area contributed by atoms with E-state index >= 15 is 0 Å². The van der Waals surface area contributed by atoms with Crippen molar-refractivity contribution in [2.45, 2.75) is 4.90 Å². The lowest BCUT2D eigenvalue weighted by Gasteiger charge is -2.14. The van der Waals surface area contributed by atoms with E-state index in [-0.39, 0.29) is 4.90 Å². The fourth-order valence-corrected chi connectivity index (χ4v) is 3.52. The molecule has 0 aliphatic carbocycles. The van der Waals surface area contributed by atoms with E-state index in [1.165, 1.54) is 12.1 Å². The molecule has 0 atom stereocenters. The smallest absolute Gasteiger partial charge is 0.261 e. The van der Waals surface area contributed by atoms with Gasteiger partial charge in [-0.3, -0.25) is 4.72 Å². The van der Waals surface area contributed by atoms with E-state index in [0.29, 0.717) is 5.69 Å². The number of nitrogens with zero attached hydrogens (tertiary/aromatic N) is 1. The molecule has 0 saturated carbocycles. The third-order valence-electron chi connectivity index (χ3n) is 3.93. The highest BCUT2D eigenvalue weighted by Gasteiger charge is 2.14. The summed E-state index contributed by atoms with van der Waals surface area (Å²) in [4.78, 5) is 2.03. The lowest BCUT2D eigenvalue weighted by molar-refractivity contribution is 0.599. The van der Waals surface area contributed by atoms with E-state index in [2.05, 4.69) is 10.0 Å². The SMILES string of the molecule is CN(C)c1ccc(Nc2ccc(NS(=O)(=O)c3ccc(F)cc3)cc2)cc1. The summed E-state index contributed by atoms with van der Waals surface area (Å²) < 4.78 is 40.1. The van der Waals surface area contributed by atoms with Crippen molar-refractivity contribution < 1.29 is 12.8 Å². The summed E-state index contributed by atoms with van der Waals surface area (Å²) >= 11 is 0. The van der Waals surface area contributed by atoms with Crippen molar-refractivity contribution in [2.24, 2.45) is 0 Å². The van der Waals surface area contributed by atoms with Gasteiger partial charge in [0.1, 0.15) is 5.82 Å². The van der Waals surface area contributed by atoms with Crippen LogP contribution in [0, 0.1) is 5.82 Å². The Bertz CT molecular complexity index is 1000. The van der Waals surface area contributed by atoms with Gasteiger partial charge in [-0.2, -0.15) is 0 Å². The van der Waals surface area contributed by atoms with Gasteiger partial charge < -0.3 is 10.2 Å². The van der Waals surface area contributed by atoms with Gasteiger partial charge >= 0.3 is 0 Å². The molecule has 5 nitrogen and oxygen atoms in total. The summed E-state index contributed by atoms with van der Waals surface area (Å²) in [7, 11) is 0.204. The Morgan fingerprint density at radius 1 is 0.741 bits per heavy atom. The molecule has 0 heterocycles. The summed E-state index contributed by atoms with van der Waals surface area (Å²) in [5.41, 5.74) is 3.29. The maximum absolute atomic E-state index is 13.0. The predicted octanol–water partition coefficient (Wildman–Crippen LogP) is 4.44. The largest absolute Gasteiger partial charge is 0.378 e. The second kappa shape index (κ2) is 7.67. The molecule has 0 unspecified atom stereocenters. The molecule has 0 aliphatic heterocycles. The van der Waals surface area contributed by atoms with Gasteiger partial charge in [0, 0.05) is 36.8 Å². The normalized spacial score (nSPS) is 11.1. The molecular formula is C20H20FN3O2S. The molecule has 27 heavy (non-hydrogen) atoms. The summed E-state index contributed by atoms with van der Waals surface area (Å²) in [5.74, 6) is -0.483. The molecule has 0 aromatic heterocycles. The van der Waals surface area contributed by atoms with E-state index in [1.807, 2.05) is 43.3 Å². The van der Waals surface area contributed by atoms with Crippen LogP contribution in [0.4, 0.5) is 27.1 Å². The molecule has 0 spiro atoms. The molecule has 0 aliphatic rings. The Morgan fingerprint density at radius 2 is 1.22 bits per heavy atom. The third kappa shape index (κ3) is 4.77. The van der Waals surface area contributed by atoms with Gasteiger partial charge in [-0.1, -0.05) is 0 Å². The fourth-order valence-electron chi connectivity index (χ4n) is 2.46. The van der Waals surface area contributed by atoms with Crippen LogP contribution in [0.1, 0.15) is 0 Å². The van der Waals surface area contributed by atoms with Crippen molar-refractivity contribution in [3.05, 3.63) is 78.6 Å². The minimum Gasteiger partial charge on any atom is -0.378 e. The first-order valence-electron chi connectivity index (χ1n) is 8.26. The molecular weight excluding hydrogens is 365 g/mol. The molecule has 3 rings (SSSR count). The van der Waals surface area contributed by atoms with Gasteiger partial charge in [0.05, 0.1) is 4.90 Å². The van der Waals surface area contributed by atoms with E-state index in [1.54, 1.807) is 24.3 Å². The average Bonchev–Trinajstić information content (AvgIpc) is 2.64. The van der Waals surface area contributed by atoms with Crippen LogP contribution >= 0.6 is 0 Å². The number of benzene rings is 3. The van der Waals surface area contributed by atoms with Gasteiger partial charge in [0.2, 0.25) is 0 Å². The van der Waals surface area contributed by atoms with Crippen LogP contribution in [0.5, 0.6) is 0 Å². The maximum atomic E-state index is 13.0. The molecule has 140 valence electrons. The van der Waals surface area contributed by atoms with Crippen molar-refractivity contribution in [2.75, 3.05) is 29.0 Å². The monoisotopic (exact) mass is 385 g/mol. The van der Waals surface area contributed by atoms with E-state index < -0.39 is 15.8 Å². The molecule has 0 amide bonds. The summed E-state index contributed by atoms with van der Waals surface area (Å²) in [5, 5.41) is 3.26. The van der Waals surface area contributed by atoms with E-state index in [9.17, 15) is 12.8 Å². The van der Waals surface area contributed by atoms with Crippen LogP contribution in [0.25, 0.3) is 0 Å². The standard InChI is InChI=1S/C20H20FN3O2S/c1-24(2)19-11-9-17(10-12-19)22-16-5-7-18(8-6-16)23-27(25,26)20-13-3-15(21)4-14-20/h3-14,22-23H,1-2H3. The first kappa shape index (κ1) is 18.7. The summed E-state index contributed by atoms with van der Waals surface area (Å²) in [6, 6.07) is 19.5. The first-order chi connectivity index (χ1) is 12.8. The lowest BCUT2D eigenvalue weighted by Crippen LogP contribution is -2.12. The lowest BCUT2D eigenvalue weighted by atomic mass is 10.2. The molecule has 7 heteroatoms. The molecule has 3 aromatic carbocycles. The second-order valence-corrected chi connectivity index (χ2v) is 7.89. The average molecular weight is 385 g/mol. The van der Waals surface area contributed by atoms with Gasteiger partial charge in [-0.15, -0.1) is 0 Å². The van der Waals surface area contributed by atoms with Gasteiger partial charge in [0.25, 0.3) is 10.0 Å². The highest BCUT2D eigenvalue weighted by atomic mass is 32.2. The van der Waals surface area contributed by atoms with Crippen LogP contribution < -0.4 is 14.9 Å².